The van der Waals surface area contributed by atoms with Gasteiger partial charge in [-0.1, -0.05) is 34.5 Å². The summed E-state index contributed by atoms with van der Waals surface area (Å²) in [7, 11) is 0. The van der Waals surface area contributed by atoms with Crippen molar-refractivity contribution in [1.29, 1.82) is 0 Å². The Morgan fingerprint density at radius 2 is 1.91 bits per heavy atom. The number of hydrogen-bond donors (Lipinski definition) is 0. The van der Waals surface area contributed by atoms with Gasteiger partial charge in [-0.05, 0) is 53.7 Å². The second-order valence-electron chi connectivity index (χ2n) is 5.75. The first-order chi connectivity index (χ1) is 11.1. The van der Waals surface area contributed by atoms with E-state index < -0.39 is 17.5 Å². The fourth-order valence-electron chi connectivity index (χ4n) is 3.25. The maximum atomic E-state index is 12.8. The topological polar surface area (TPSA) is 52.6 Å². The summed E-state index contributed by atoms with van der Waals surface area (Å²) < 4.78 is 11.9. The molecule has 0 unspecified atom stereocenters. The number of hydrogen-bond acceptors (Lipinski definition) is 4. The van der Waals surface area contributed by atoms with Crippen molar-refractivity contribution in [3.05, 3.63) is 39.9 Å². The van der Waals surface area contributed by atoms with Crippen molar-refractivity contribution in [2.24, 2.45) is 0 Å². The van der Waals surface area contributed by atoms with Gasteiger partial charge >= 0.3 is 11.9 Å². The van der Waals surface area contributed by atoms with Crippen LogP contribution in [0.15, 0.2) is 39.9 Å². The van der Waals surface area contributed by atoms with E-state index in [4.69, 9.17) is 9.47 Å². The Kier molecular flexibility index (Phi) is 4.92. The van der Waals surface area contributed by atoms with Gasteiger partial charge in [-0.2, -0.15) is 0 Å². The molecular weight excluding hydrogens is 428 g/mol. The minimum atomic E-state index is -0.809. The minimum absolute atomic E-state index is 0.286. The van der Waals surface area contributed by atoms with Crippen molar-refractivity contribution in [2.75, 3.05) is 5.33 Å². The number of ether oxygens (including phenoxy) is 2. The molecule has 1 aliphatic carbocycles. The molecule has 0 N–H and O–H groups in total. The lowest BCUT2D eigenvalue weighted by Gasteiger charge is -2.33. The molecule has 0 radical (unpaired) electrons. The lowest BCUT2D eigenvalue weighted by atomic mass is 9.79. The molecule has 1 spiro atoms. The van der Waals surface area contributed by atoms with E-state index in [-0.39, 0.29) is 5.33 Å². The SMILES string of the molecule is O=C1OC2(CCCCC2)C(C(=O)Oc2ccccc2Br)=C1CBr. The van der Waals surface area contributed by atoms with Gasteiger partial charge in [-0.15, -0.1) is 0 Å². The molecule has 0 saturated heterocycles. The normalized spacial score (nSPS) is 19.8. The number of esters is 2. The van der Waals surface area contributed by atoms with Gasteiger partial charge in [0.05, 0.1) is 15.6 Å². The second-order valence-corrected chi connectivity index (χ2v) is 7.17. The van der Waals surface area contributed by atoms with E-state index >= 15 is 0 Å². The Morgan fingerprint density at radius 1 is 1.22 bits per heavy atom. The average Bonchev–Trinajstić information content (AvgIpc) is 2.81. The third-order valence-corrected chi connectivity index (χ3v) is 5.55. The van der Waals surface area contributed by atoms with Crippen LogP contribution in [-0.4, -0.2) is 22.9 Å². The summed E-state index contributed by atoms with van der Waals surface area (Å²) in [6.45, 7) is 0. The fourth-order valence-corrected chi connectivity index (χ4v) is 4.13. The lowest BCUT2D eigenvalue weighted by molar-refractivity contribution is -0.150. The molecule has 0 amide bonds. The number of rotatable bonds is 3. The quantitative estimate of drug-likeness (QED) is 0.397. The van der Waals surface area contributed by atoms with Crippen molar-refractivity contribution in [3.8, 4) is 5.75 Å². The van der Waals surface area contributed by atoms with Crippen LogP contribution in [0.2, 0.25) is 0 Å². The van der Waals surface area contributed by atoms with Crippen LogP contribution < -0.4 is 4.74 Å². The molecule has 6 heteroatoms. The van der Waals surface area contributed by atoms with Crippen LogP contribution >= 0.6 is 31.9 Å². The summed E-state index contributed by atoms with van der Waals surface area (Å²) in [5.74, 6) is -0.480. The van der Waals surface area contributed by atoms with E-state index in [0.717, 1.165) is 19.3 Å². The Bertz CT molecular complexity index is 675. The maximum Gasteiger partial charge on any atom is 0.344 e. The minimum Gasteiger partial charge on any atom is -0.450 e. The molecule has 0 aromatic heterocycles. The third kappa shape index (κ3) is 3.11. The zero-order chi connectivity index (χ0) is 16.4. The summed E-state index contributed by atoms with van der Waals surface area (Å²) in [5, 5.41) is 0.286. The Balaban J connectivity index is 1.96. The average molecular weight is 444 g/mol. The first kappa shape index (κ1) is 16.7. The predicted molar refractivity (Wildman–Crippen MR) is 92.5 cm³/mol. The van der Waals surface area contributed by atoms with Gasteiger partial charge in [0.25, 0.3) is 0 Å². The second kappa shape index (κ2) is 6.77. The standard InChI is InChI=1S/C17H16Br2O4/c18-10-11-14(16(21)22-13-7-3-2-6-12(13)19)17(23-15(11)20)8-4-1-5-9-17/h2-3,6-7H,1,4-5,8-10H2. The molecule has 0 bridgehead atoms. The molecule has 122 valence electrons. The van der Waals surface area contributed by atoms with Gasteiger partial charge in [0.15, 0.2) is 0 Å². The largest absolute Gasteiger partial charge is 0.450 e. The monoisotopic (exact) mass is 442 g/mol. The highest BCUT2D eigenvalue weighted by molar-refractivity contribution is 9.10. The van der Waals surface area contributed by atoms with Crippen molar-refractivity contribution >= 4 is 43.8 Å². The molecule has 1 aromatic carbocycles. The summed E-state index contributed by atoms with van der Waals surface area (Å²) in [4.78, 5) is 25.0. The molecular formula is C17H16Br2O4. The van der Waals surface area contributed by atoms with Gasteiger partial charge < -0.3 is 9.47 Å². The van der Waals surface area contributed by atoms with Gasteiger partial charge in [-0.25, -0.2) is 9.59 Å². The van der Waals surface area contributed by atoms with Crippen molar-refractivity contribution in [3.63, 3.8) is 0 Å². The molecule has 1 heterocycles. The number of alkyl halides is 1. The lowest BCUT2D eigenvalue weighted by Crippen LogP contribution is -2.38. The van der Waals surface area contributed by atoms with Gasteiger partial charge in [0, 0.05) is 5.33 Å². The van der Waals surface area contributed by atoms with Gasteiger partial charge in [0.2, 0.25) is 0 Å². The summed E-state index contributed by atoms with van der Waals surface area (Å²) in [5.41, 5.74) is -0.0460. The molecule has 23 heavy (non-hydrogen) atoms. The summed E-state index contributed by atoms with van der Waals surface area (Å²) in [6, 6.07) is 7.14. The number of halogens is 2. The van der Waals surface area contributed by atoms with Crippen molar-refractivity contribution in [2.45, 2.75) is 37.7 Å². The number of benzene rings is 1. The zero-order valence-electron chi connectivity index (χ0n) is 12.4. The van der Waals surface area contributed by atoms with Crippen molar-refractivity contribution < 1.29 is 19.1 Å². The van der Waals surface area contributed by atoms with E-state index in [1.165, 1.54) is 0 Å². The van der Waals surface area contributed by atoms with Crippen LogP contribution in [0.25, 0.3) is 0 Å². The Hall–Kier alpha value is -1.14. The molecule has 4 nitrogen and oxygen atoms in total. The van der Waals surface area contributed by atoms with E-state index in [0.29, 0.717) is 34.2 Å². The zero-order valence-corrected chi connectivity index (χ0v) is 15.6. The van der Waals surface area contributed by atoms with Crippen LogP contribution in [0, 0.1) is 0 Å². The van der Waals surface area contributed by atoms with Crippen LogP contribution in [0.5, 0.6) is 5.75 Å². The summed E-state index contributed by atoms with van der Waals surface area (Å²) >= 11 is 6.66. The first-order valence-electron chi connectivity index (χ1n) is 7.57. The van der Waals surface area contributed by atoms with E-state index in [1.807, 2.05) is 6.07 Å². The smallest absolute Gasteiger partial charge is 0.344 e. The highest BCUT2D eigenvalue weighted by atomic mass is 79.9. The van der Waals surface area contributed by atoms with Crippen LogP contribution in [0.3, 0.4) is 0 Å². The van der Waals surface area contributed by atoms with Gasteiger partial charge in [0.1, 0.15) is 11.4 Å². The number of carbonyl (C=O) groups excluding carboxylic acids is 2. The van der Waals surface area contributed by atoms with Crippen LogP contribution in [0.4, 0.5) is 0 Å². The van der Waals surface area contributed by atoms with E-state index in [2.05, 4.69) is 31.9 Å². The molecule has 1 saturated carbocycles. The molecule has 1 aliphatic heterocycles. The number of para-hydroxylation sites is 1. The molecule has 2 aliphatic rings. The molecule has 0 atom stereocenters. The van der Waals surface area contributed by atoms with Crippen LogP contribution in [0.1, 0.15) is 32.1 Å². The number of carbonyl (C=O) groups is 2. The van der Waals surface area contributed by atoms with Crippen LogP contribution in [-0.2, 0) is 14.3 Å². The molecule has 1 aromatic rings. The first-order valence-corrected chi connectivity index (χ1v) is 9.48. The van der Waals surface area contributed by atoms with Gasteiger partial charge in [-0.3, -0.25) is 0 Å². The molecule has 3 rings (SSSR count). The highest BCUT2D eigenvalue weighted by Crippen LogP contribution is 2.45. The fraction of sp³-hybridized carbons (Fsp3) is 0.412. The van der Waals surface area contributed by atoms with E-state index in [1.54, 1.807) is 18.2 Å². The predicted octanol–water partition coefficient (Wildman–Crippen LogP) is 4.31. The highest BCUT2D eigenvalue weighted by Gasteiger charge is 2.51. The van der Waals surface area contributed by atoms with E-state index in [9.17, 15) is 9.59 Å². The Labute approximate surface area is 151 Å². The summed E-state index contributed by atoms with van der Waals surface area (Å²) in [6.07, 6.45) is 4.32. The Morgan fingerprint density at radius 3 is 2.57 bits per heavy atom. The molecule has 1 fully saturated rings. The third-order valence-electron chi connectivity index (χ3n) is 4.33. The maximum absolute atomic E-state index is 12.8. The van der Waals surface area contributed by atoms with Crippen molar-refractivity contribution in [1.82, 2.24) is 0 Å².